The van der Waals surface area contributed by atoms with Gasteiger partial charge in [0.05, 0.1) is 22.8 Å². The molecule has 0 radical (unpaired) electrons. The Kier molecular flexibility index (Phi) is 6.71. The molecular formula is C27H23ClN2O3. The van der Waals surface area contributed by atoms with Crippen molar-refractivity contribution in [2.45, 2.75) is 19.9 Å². The number of nitrogens with one attached hydrogen (secondary N) is 1. The van der Waals surface area contributed by atoms with E-state index in [9.17, 15) is 9.59 Å². The van der Waals surface area contributed by atoms with E-state index in [1.807, 2.05) is 80.6 Å². The number of nitrogens with zero attached hydrogens (tertiary/aromatic N) is 1. The lowest BCUT2D eigenvalue weighted by molar-refractivity contribution is -0.124. The summed E-state index contributed by atoms with van der Waals surface area (Å²) in [7, 11) is 0. The number of carbonyl (C=O) groups excluding carboxylic acids is 2. The Morgan fingerprint density at radius 1 is 1.00 bits per heavy atom. The molecule has 1 atom stereocenters. The Morgan fingerprint density at radius 2 is 1.73 bits per heavy atom. The molecule has 6 heteroatoms. The fourth-order valence-electron chi connectivity index (χ4n) is 3.80. The van der Waals surface area contributed by atoms with Crippen LogP contribution in [0.15, 0.2) is 78.9 Å². The lowest BCUT2D eigenvalue weighted by atomic mass is 9.98. The van der Waals surface area contributed by atoms with Gasteiger partial charge in [0.25, 0.3) is 5.91 Å². The molecule has 0 fully saturated rings. The molecule has 4 aromatic rings. The van der Waals surface area contributed by atoms with Crippen LogP contribution in [-0.4, -0.2) is 23.5 Å². The lowest BCUT2D eigenvalue weighted by Crippen LogP contribution is -2.31. The lowest BCUT2D eigenvalue weighted by Gasteiger charge is -2.16. The first-order valence-electron chi connectivity index (χ1n) is 10.6. The second-order valence-corrected chi connectivity index (χ2v) is 8.20. The number of rotatable bonds is 6. The fourth-order valence-corrected chi connectivity index (χ4v) is 3.99. The van der Waals surface area contributed by atoms with Crippen LogP contribution in [0.3, 0.4) is 0 Å². The molecule has 5 nitrogen and oxygen atoms in total. The van der Waals surface area contributed by atoms with E-state index < -0.39 is 5.97 Å². The molecule has 1 N–H and O–H groups in total. The number of pyridine rings is 1. The zero-order chi connectivity index (χ0) is 23.4. The summed E-state index contributed by atoms with van der Waals surface area (Å²) in [5.74, 6) is -0.942. The Labute approximate surface area is 197 Å². The maximum atomic E-state index is 13.1. The van der Waals surface area contributed by atoms with Gasteiger partial charge in [0, 0.05) is 16.0 Å². The van der Waals surface area contributed by atoms with Crippen LogP contribution in [0.25, 0.3) is 22.2 Å². The fraction of sp³-hybridized carbons (Fsp3) is 0.148. The molecule has 0 saturated carbocycles. The van der Waals surface area contributed by atoms with Crippen molar-refractivity contribution in [1.29, 1.82) is 0 Å². The molecule has 1 aromatic heterocycles. The first-order valence-corrected chi connectivity index (χ1v) is 11.0. The molecular weight excluding hydrogens is 436 g/mol. The molecule has 1 heterocycles. The van der Waals surface area contributed by atoms with Crippen molar-refractivity contribution in [2.75, 3.05) is 6.61 Å². The molecule has 33 heavy (non-hydrogen) atoms. The zero-order valence-electron chi connectivity index (χ0n) is 18.3. The number of para-hydroxylation sites is 1. The quantitative estimate of drug-likeness (QED) is 0.365. The molecule has 0 aliphatic rings. The molecule has 0 aliphatic carbocycles. The van der Waals surface area contributed by atoms with E-state index in [0.29, 0.717) is 32.7 Å². The van der Waals surface area contributed by atoms with E-state index in [0.717, 1.165) is 11.1 Å². The largest absolute Gasteiger partial charge is 0.452 e. The second kappa shape index (κ2) is 9.84. The van der Waals surface area contributed by atoms with E-state index >= 15 is 0 Å². The molecule has 4 rings (SSSR count). The van der Waals surface area contributed by atoms with Crippen LogP contribution in [0, 0.1) is 6.92 Å². The van der Waals surface area contributed by atoms with Crippen LogP contribution in [-0.2, 0) is 9.53 Å². The smallest absolute Gasteiger partial charge is 0.339 e. The Bertz CT molecular complexity index is 1320. The number of aromatic nitrogens is 1. The van der Waals surface area contributed by atoms with Crippen molar-refractivity contribution >= 4 is 34.4 Å². The van der Waals surface area contributed by atoms with Crippen LogP contribution >= 0.6 is 11.6 Å². The summed E-state index contributed by atoms with van der Waals surface area (Å²) in [4.78, 5) is 30.3. The van der Waals surface area contributed by atoms with Gasteiger partial charge in [-0.15, -0.1) is 0 Å². The third-order valence-electron chi connectivity index (χ3n) is 5.45. The highest BCUT2D eigenvalue weighted by molar-refractivity contribution is 6.30. The average Bonchev–Trinajstić information content (AvgIpc) is 2.82. The number of amides is 1. The van der Waals surface area contributed by atoms with Gasteiger partial charge in [-0.05, 0) is 43.2 Å². The van der Waals surface area contributed by atoms with Gasteiger partial charge in [0.1, 0.15) is 0 Å². The summed E-state index contributed by atoms with van der Waals surface area (Å²) in [5, 5.41) is 4.10. The number of esters is 1. The number of fused-ring (bicyclic) bond motifs is 1. The minimum atomic E-state index is -0.572. The van der Waals surface area contributed by atoms with Gasteiger partial charge in [-0.2, -0.15) is 0 Å². The average molecular weight is 459 g/mol. The summed E-state index contributed by atoms with van der Waals surface area (Å²) < 4.78 is 5.43. The normalized spacial score (nSPS) is 11.7. The maximum Gasteiger partial charge on any atom is 0.339 e. The highest BCUT2D eigenvalue weighted by Gasteiger charge is 2.21. The van der Waals surface area contributed by atoms with Crippen molar-refractivity contribution in [1.82, 2.24) is 10.3 Å². The van der Waals surface area contributed by atoms with Crippen molar-refractivity contribution in [3.63, 3.8) is 0 Å². The number of carbonyl (C=O) groups is 2. The van der Waals surface area contributed by atoms with Gasteiger partial charge in [0.2, 0.25) is 0 Å². The van der Waals surface area contributed by atoms with Gasteiger partial charge >= 0.3 is 5.97 Å². The summed E-state index contributed by atoms with van der Waals surface area (Å²) in [5.41, 5.74) is 4.13. The molecule has 3 aromatic carbocycles. The summed E-state index contributed by atoms with van der Waals surface area (Å²) in [6, 6.07) is 24.1. The van der Waals surface area contributed by atoms with Crippen LogP contribution in [0.1, 0.15) is 34.5 Å². The molecule has 0 aliphatic heterocycles. The predicted octanol–water partition coefficient (Wildman–Crippen LogP) is 5.90. The number of halogens is 1. The highest BCUT2D eigenvalue weighted by atomic mass is 35.5. The van der Waals surface area contributed by atoms with Crippen molar-refractivity contribution in [3.05, 3.63) is 101 Å². The minimum Gasteiger partial charge on any atom is -0.452 e. The van der Waals surface area contributed by atoms with Crippen LogP contribution in [0.5, 0.6) is 0 Å². The monoisotopic (exact) mass is 458 g/mol. The number of ether oxygens (including phenoxy) is 1. The molecule has 166 valence electrons. The van der Waals surface area contributed by atoms with E-state index in [-0.39, 0.29) is 18.6 Å². The van der Waals surface area contributed by atoms with Crippen LogP contribution in [0.2, 0.25) is 5.02 Å². The van der Waals surface area contributed by atoms with Crippen molar-refractivity contribution in [2.24, 2.45) is 0 Å². The molecule has 0 saturated heterocycles. The van der Waals surface area contributed by atoms with Gasteiger partial charge in [-0.1, -0.05) is 72.3 Å². The van der Waals surface area contributed by atoms with Crippen molar-refractivity contribution in [3.8, 4) is 11.3 Å². The molecule has 1 amide bonds. The van der Waals surface area contributed by atoms with Crippen LogP contribution in [0.4, 0.5) is 0 Å². The van der Waals surface area contributed by atoms with Gasteiger partial charge < -0.3 is 10.1 Å². The number of benzene rings is 3. The molecule has 0 spiro atoms. The van der Waals surface area contributed by atoms with Gasteiger partial charge in [-0.3, -0.25) is 4.79 Å². The number of hydrogen-bond donors (Lipinski definition) is 1. The van der Waals surface area contributed by atoms with E-state index in [1.165, 1.54) is 0 Å². The Morgan fingerprint density at radius 3 is 2.48 bits per heavy atom. The SMILES string of the molecule is Cc1c(-c2cccc(Cl)c2)nc2ccccc2c1C(=O)OCC(=O)NC(C)c1ccccc1. The van der Waals surface area contributed by atoms with Gasteiger partial charge in [-0.25, -0.2) is 9.78 Å². The first kappa shape index (κ1) is 22.5. The Balaban J connectivity index is 1.58. The standard InChI is InChI=1S/C27H23ClN2O3/c1-17-25(27(32)33-16-24(31)29-18(2)19-9-4-3-5-10-19)22-13-6-7-14-23(22)30-26(17)20-11-8-12-21(28)15-20/h3-15,18H,16H2,1-2H3,(H,29,31). The zero-order valence-corrected chi connectivity index (χ0v) is 19.1. The van der Waals surface area contributed by atoms with Crippen LogP contribution < -0.4 is 5.32 Å². The topological polar surface area (TPSA) is 68.3 Å². The highest BCUT2D eigenvalue weighted by Crippen LogP contribution is 2.31. The third-order valence-corrected chi connectivity index (χ3v) is 5.68. The third kappa shape index (κ3) is 5.04. The number of hydrogen-bond acceptors (Lipinski definition) is 4. The minimum absolute atomic E-state index is 0.199. The van der Waals surface area contributed by atoms with Gasteiger partial charge in [0.15, 0.2) is 6.61 Å². The van der Waals surface area contributed by atoms with E-state index in [2.05, 4.69) is 5.32 Å². The Hall–Kier alpha value is -3.70. The molecule has 1 unspecified atom stereocenters. The van der Waals surface area contributed by atoms with E-state index in [1.54, 1.807) is 12.1 Å². The molecule has 0 bridgehead atoms. The summed E-state index contributed by atoms with van der Waals surface area (Å²) in [6.07, 6.45) is 0. The maximum absolute atomic E-state index is 13.1. The van der Waals surface area contributed by atoms with E-state index in [4.69, 9.17) is 21.3 Å². The second-order valence-electron chi connectivity index (χ2n) is 7.76. The summed E-state index contributed by atoms with van der Waals surface area (Å²) >= 11 is 6.17. The first-order chi connectivity index (χ1) is 15.9. The predicted molar refractivity (Wildman–Crippen MR) is 130 cm³/mol. The summed E-state index contributed by atoms with van der Waals surface area (Å²) in [6.45, 7) is 3.33. The van der Waals surface area contributed by atoms with Crippen molar-refractivity contribution < 1.29 is 14.3 Å².